The molecule has 3 rings (SSSR count). The predicted molar refractivity (Wildman–Crippen MR) is 83.7 cm³/mol. The molecular formula is C17H23N3. The fraction of sp³-hybridized carbons (Fsp3) is 0.471. The molecular weight excluding hydrogens is 246 g/mol. The molecule has 1 aliphatic rings. The molecule has 0 bridgehead atoms. The Morgan fingerprint density at radius 1 is 1.25 bits per heavy atom. The monoisotopic (exact) mass is 269 g/mol. The largest absolute Gasteiger partial charge is 0.382 e. The van der Waals surface area contributed by atoms with Gasteiger partial charge in [-0.1, -0.05) is 31.9 Å². The molecule has 106 valence electrons. The van der Waals surface area contributed by atoms with E-state index < -0.39 is 0 Å². The molecule has 0 radical (unpaired) electrons. The zero-order valence-corrected chi connectivity index (χ0v) is 12.3. The molecule has 0 spiro atoms. The second kappa shape index (κ2) is 5.70. The molecule has 3 nitrogen and oxygen atoms in total. The van der Waals surface area contributed by atoms with Crippen LogP contribution < -0.4 is 5.32 Å². The van der Waals surface area contributed by atoms with Crippen LogP contribution >= 0.6 is 0 Å². The molecule has 1 fully saturated rings. The van der Waals surface area contributed by atoms with Crippen molar-refractivity contribution >= 4 is 5.69 Å². The molecule has 1 N–H and O–H groups in total. The standard InChI is InChI=1S/C17H23N3/c1-13-6-3-4-9-16(13)19-15-8-5-7-14(12-15)17-18-10-11-20(17)2/h5,7-8,10-13,16,19H,3-4,6,9H2,1-2H3/t13-,16-/m0/s1. The zero-order valence-electron chi connectivity index (χ0n) is 12.3. The first-order valence-corrected chi connectivity index (χ1v) is 7.58. The molecule has 3 heteroatoms. The maximum atomic E-state index is 4.42. The van der Waals surface area contributed by atoms with Crippen LogP contribution in [0.25, 0.3) is 11.4 Å². The van der Waals surface area contributed by atoms with Gasteiger partial charge in [-0.25, -0.2) is 4.98 Å². The maximum absolute atomic E-state index is 4.42. The first-order chi connectivity index (χ1) is 9.74. The quantitative estimate of drug-likeness (QED) is 0.910. The summed E-state index contributed by atoms with van der Waals surface area (Å²) in [6.07, 6.45) is 9.19. The minimum atomic E-state index is 0.611. The third-order valence-corrected chi connectivity index (χ3v) is 4.41. The number of anilines is 1. The van der Waals surface area contributed by atoms with E-state index in [9.17, 15) is 0 Å². The van der Waals surface area contributed by atoms with Crippen molar-refractivity contribution in [1.82, 2.24) is 9.55 Å². The van der Waals surface area contributed by atoms with Crippen molar-refractivity contribution in [1.29, 1.82) is 0 Å². The van der Waals surface area contributed by atoms with Crippen molar-refractivity contribution in [3.8, 4) is 11.4 Å². The highest BCUT2D eigenvalue weighted by atomic mass is 15.0. The van der Waals surface area contributed by atoms with Crippen LogP contribution in [0, 0.1) is 5.92 Å². The molecule has 1 aromatic carbocycles. The average Bonchev–Trinajstić information content (AvgIpc) is 2.88. The van der Waals surface area contributed by atoms with Crippen molar-refractivity contribution in [3.63, 3.8) is 0 Å². The van der Waals surface area contributed by atoms with Gasteiger partial charge in [-0.2, -0.15) is 0 Å². The molecule has 0 aliphatic heterocycles. The first kappa shape index (κ1) is 13.2. The Balaban J connectivity index is 1.79. The third kappa shape index (κ3) is 2.72. The van der Waals surface area contributed by atoms with Gasteiger partial charge in [-0.3, -0.25) is 0 Å². The van der Waals surface area contributed by atoms with Crippen LogP contribution in [0.3, 0.4) is 0 Å². The summed E-state index contributed by atoms with van der Waals surface area (Å²) in [7, 11) is 2.03. The molecule has 2 atom stereocenters. The second-order valence-electron chi connectivity index (χ2n) is 5.96. The van der Waals surface area contributed by atoms with Crippen molar-refractivity contribution in [3.05, 3.63) is 36.7 Å². The summed E-state index contributed by atoms with van der Waals surface area (Å²) in [4.78, 5) is 4.42. The number of rotatable bonds is 3. The maximum Gasteiger partial charge on any atom is 0.139 e. The number of imidazole rings is 1. The minimum Gasteiger partial charge on any atom is -0.382 e. The summed E-state index contributed by atoms with van der Waals surface area (Å²) in [5.74, 6) is 1.78. The van der Waals surface area contributed by atoms with Crippen molar-refractivity contribution in [2.45, 2.75) is 38.6 Å². The lowest BCUT2D eigenvalue weighted by Crippen LogP contribution is -2.30. The minimum absolute atomic E-state index is 0.611. The van der Waals surface area contributed by atoms with Gasteiger partial charge in [0.15, 0.2) is 0 Å². The third-order valence-electron chi connectivity index (χ3n) is 4.41. The van der Waals surface area contributed by atoms with Crippen LogP contribution in [0.15, 0.2) is 36.7 Å². The molecule has 2 aromatic rings. The number of hydrogen-bond donors (Lipinski definition) is 1. The summed E-state index contributed by atoms with van der Waals surface area (Å²) < 4.78 is 2.06. The van der Waals surface area contributed by atoms with Crippen molar-refractivity contribution in [2.75, 3.05) is 5.32 Å². The fourth-order valence-electron chi connectivity index (χ4n) is 3.14. The molecule has 1 aliphatic carbocycles. The Morgan fingerprint density at radius 3 is 2.85 bits per heavy atom. The zero-order chi connectivity index (χ0) is 13.9. The van der Waals surface area contributed by atoms with Gasteiger partial charge in [-0.05, 0) is 30.9 Å². The highest BCUT2D eigenvalue weighted by Crippen LogP contribution is 2.28. The van der Waals surface area contributed by atoms with Gasteiger partial charge >= 0.3 is 0 Å². The number of aromatic nitrogens is 2. The number of hydrogen-bond acceptors (Lipinski definition) is 2. The number of aryl methyl sites for hydroxylation is 1. The van der Waals surface area contributed by atoms with E-state index in [1.54, 1.807) is 0 Å². The van der Waals surface area contributed by atoms with Crippen LogP contribution in [0.1, 0.15) is 32.6 Å². The molecule has 0 unspecified atom stereocenters. The summed E-state index contributed by atoms with van der Waals surface area (Å²) in [6, 6.07) is 9.22. The predicted octanol–water partition coefficient (Wildman–Crippen LogP) is 4.08. The molecule has 0 saturated heterocycles. The van der Waals surface area contributed by atoms with E-state index in [0.717, 1.165) is 11.7 Å². The van der Waals surface area contributed by atoms with E-state index in [4.69, 9.17) is 0 Å². The Hall–Kier alpha value is -1.77. The topological polar surface area (TPSA) is 29.9 Å². The molecule has 0 amide bonds. The van der Waals surface area contributed by atoms with Crippen LogP contribution in [0.2, 0.25) is 0 Å². The summed E-state index contributed by atoms with van der Waals surface area (Å²) >= 11 is 0. The van der Waals surface area contributed by atoms with Gasteiger partial charge in [0.25, 0.3) is 0 Å². The van der Waals surface area contributed by atoms with Gasteiger partial charge in [0.05, 0.1) is 0 Å². The summed E-state index contributed by atoms with van der Waals surface area (Å²) in [5.41, 5.74) is 2.38. The van der Waals surface area contributed by atoms with E-state index in [1.165, 1.54) is 36.9 Å². The number of nitrogens with zero attached hydrogens (tertiary/aromatic N) is 2. The first-order valence-electron chi connectivity index (χ1n) is 7.58. The van der Waals surface area contributed by atoms with Crippen molar-refractivity contribution in [2.24, 2.45) is 13.0 Å². The molecule has 1 aromatic heterocycles. The number of benzene rings is 1. The molecule has 20 heavy (non-hydrogen) atoms. The normalized spacial score (nSPS) is 22.7. The smallest absolute Gasteiger partial charge is 0.139 e. The SMILES string of the molecule is C[C@H]1CCCC[C@@H]1Nc1cccc(-c2nccn2C)c1. The van der Waals surface area contributed by atoms with Crippen LogP contribution in [-0.4, -0.2) is 15.6 Å². The van der Waals surface area contributed by atoms with Gasteiger partial charge in [-0.15, -0.1) is 0 Å². The average molecular weight is 269 g/mol. The van der Waals surface area contributed by atoms with E-state index in [0.29, 0.717) is 6.04 Å². The number of nitrogens with one attached hydrogen (secondary N) is 1. The van der Waals surface area contributed by atoms with Crippen LogP contribution in [-0.2, 0) is 7.05 Å². The van der Waals surface area contributed by atoms with E-state index in [2.05, 4.69) is 46.1 Å². The van der Waals surface area contributed by atoms with Crippen LogP contribution in [0.4, 0.5) is 5.69 Å². The highest BCUT2D eigenvalue weighted by molar-refractivity contribution is 5.63. The van der Waals surface area contributed by atoms with Gasteiger partial charge < -0.3 is 9.88 Å². The van der Waals surface area contributed by atoms with E-state index in [1.807, 2.05) is 19.4 Å². The molecule has 1 heterocycles. The lowest BCUT2D eigenvalue weighted by molar-refractivity contribution is 0.349. The highest BCUT2D eigenvalue weighted by Gasteiger charge is 2.20. The lowest BCUT2D eigenvalue weighted by Gasteiger charge is -2.30. The fourth-order valence-corrected chi connectivity index (χ4v) is 3.14. The van der Waals surface area contributed by atoms with Crippen LogP contribution in [0.5, 0.6) is 0 Å². The van der Waals surface area contributed by atoms with E-state index >= 15 is 0 Å². The molecule has 1 saturated carbocycles. The van der Waals surface area contributed by atoms with Gasteiger partial charge in [0, 0.05) is 36.7 Å². The van der Waals surface area contributed by atoms with E-state index in [-0.39, 0.29) is 0 Å². The Bertz CT molecular complexity index is 573. The Kier molecular flexibility index (Phi) is 3.77. The van der Waals surface area contributed by atoms with Gasteiger partial charge in [0.2, 0.25) is 0 Å². The summed E-state index contributed by atoms with van der Waals surface area (Å²) in [5, 5.41) is 3.72. The Morgan fingerprint density at radius 2 is 2.10 bits per heavy atom. The van der Waals surface area contributed by atoms with Gasteiger partial charge in [0.1, 0.15) is 5.82 Å². The summed E-state index contributed by atoms with van der Waals surface area (Å²) in [6.45, 7) is 2.36. The Labute approximate surface area is 121 Å². The lowest BCUT2D eigenvalue weighted by atomic mass is 9.86. The second-order valence-corrected chi connectivity index (χ2v) is 5.96. The van der Waals surface area contributed by atoms with Crippen molar-refractivity contribution < 1.29 is 0 Å².